The molecule has 3 N–H and O–H groups in total. The van der Waals surface area contributed by atoms with Gasteiger partial charge in [-0.3, -0.25) is 29.8 Å². The second kappa shape index (κ2) is 7.13. The van der Waals surface area contributed by atoms with Gasteiger partial charge in [-0.25, -0.2) is 0 Å². The average Bonchev–Trinajstić information content (AvgIpc) is 2.88. The summed E-state index contributed by atoms with van der Waals surface area (Å²) in [6, 6.07) is 2.72. The Bertz CT molecular complexity index is 719. The van der Waals surface area contributed by atoms with Gasteiger partial charge in [0, 0.05) is 13.3 Å². The number of amides is 3. The highest BCUT2D eigenvalue weighted by Gasteiger charge is 2.27. The van der Waals surface area contributed by atoms with E-state index in [0.717, 1.165) is 11.3 Å². The molecule has 120 valence electrons. The van der Waals surface area contributed by atoms with E-state index < -0.39 is 11.9 Å². The minimum Gasteiger partial charge on any atom is -0.317 e. The van der Waals surface area contributed by atoms with Gasteiger partial charge in [0.1, 0.15) is 15.9 Å². The molecule has 0 radical (unpaired) electrons. The summed E-state index contributed by atoms with van der Waals surface area (Å²) in [5.41, 5.74) is 0.224. The Labute approximate surface area is 135 Å². The van der Waals surface area contributed by atoms with Crippen LogP contribution in [0.5, 0.6) is 0 Å². The Balaban J connectivity index is 2.04. The van der Waals surface area contributed by atoms with E-state index in [1.165, 1.54) is 13.0 Å². The molecule has 1 aliphatic heterocycles. The Morgan fingerprint density at radius 3 is 2.83 bits per heavy atom. The first-order valence-corrected chi connectivity index (χ1v) is 7.64. The van der Waals surface area contributed by atoms with Crippen LogP contribution in [0.1, 0.15) is 35.0 Å². The number of nitrogens with zero attached hydrogens (tertiary/aromatic N) is 1. The maximum Gasteiger partial charge on any atom is 0.243 e. The lowest BCUT2D eigenvalue weighted by Gasteiger charge is -2.21. The molecule has 1 aliphatic rings. The number of carbonyl (C=O) groups excluding carboxylic acids is 4. The standard InChI is InChI=1S/C14H14N4O4S/c1-7(19)17-14-9(4-8(5-15)23-14)11(20)6-16-10-2-3-12(21)18-13(10)22/h4,10,16H,2-3,6H2,1H3,(H,17,19)(H,18,21,22). The number of nitrogens with one attached hydrogen (secondary N) is 3. The van der Waals surface area contributed by atoms with Crippen LogP contribution >= 0.6 is 11.3 Å². The summed E-state index contributed by atoms with van der Waals surface area (Å²) in [7, 11) is 0. The largest absolute Gasteiger partial charge is 0.317 e. The maximum absolute atomic E-state index is 12.3. The lowest BCUT2D eigenvalue weighted by molar-refractivity contribution is -0.134. The van der Waals surface area contributed by atoms with Crippen LogP contribution in [0.4, 0.5) is 5.00 Å². The average molecular weight is 334 g/mol. The quantitative estimate of drug-likeness (QED) is 0.519. The minimum atomic E-state index is -0.616. The van der Waals surface area contributed by atoms with Gasteiger partial charge in [0.2, 0.25) is 17.7 Å². The highest BCUT2D eigenvalue weighted by Crippen LogP contribution is 2.28. The van der Waals surface area contributed by atoms with E-state index in [0.29, 0.717) is 16.3 Å². The van der Waals surface area contributed by atoms with E-state index in [9.17, 15) is 19.2 Å². The molecule has 9 heteroatoms. The van der Waals surface area contributed by atoms with Crippen molar-refractivity contribution in [2.75, 3.05) is 11.9 Å². The van der Waals surface area contributed by atoms with E-state index in [4.69, 9.17) is 5.26 Å². The van der Waals surface area contributed by atoms with Crippen molar-refractivity contribution in [3.8, 4) is 6.07 Å². The topological polar surface area (TPSA) is 128 Å². The van der Waals surface area contributed by atoms with Crippen molar-refractivity contribution < 1.29 is 19.2 Å². The Morgan fingerprint density at radius 2 is 2.22 bits per heavy atom. The number of hydrogen-bond donors (Lipinski definition) is 3. The molecule has 1 aromatic heterocycles. The van der Waals surface area contributed by atoms with Crippen LogP contribution in [0.15, 0.2) is 6.07 Å². The molecule has 3 amide bonds. The number of thiophene rings is 1. The fourth-order valence-corrected chi connectivity index (χ4v) is 3.03. The summed E-state index contributed by atoms with van der Waals surface area (Å²) in [5, 5.41) is 16.7. The first kappa shape index (κ1) is 16.8. The SMILES string of the molecule is CC(=O)Nc1sc(C#N)cc1C(=O)CNC1CCC(=O)NC1=O. The number of rotatable bonds is 5. The smallest absolute Gasteiger partial charge is 0.243 e. The highest BCUT2D eigenvalue weighted by atomic mass is 32.1. The van der Waals surface area contributed by atoms with Gasteiger partial charge >= 0.3 is 0 Å². The van der Waals surface area contributed by atoms with Crippen molar-refractivity contribution >= 4 is 39.8 Å². The molecule has 8 nitrogen and oxygen atoms in total. The zero-order valence-electron chi connectivity index (χ0n) is 12.3. The molecule has 0 bridgehead atoms. The molecule has 1 unspecified atom stereocenters. The van der Waals surface area contributed by atoms with Crippen LogP contribution in [0.2, 0.25) is 0 Å². The normalized spacial score (nSPS) is 17.3. The lowest BCUT2D eigenvalue weighted by atomic mass is 10.1. The zero-order chi connectivity index (χ0) is 17.0. The van der Waals surface area contributed by atoms with E-state index in [2.05, 4.69) is 16.0 Å². The molecule has 1 aromatic rings. The van der Waals surface area contributed by atoms with Crippen molar-refractivity contribution in [3.05, 3.63) is 16.5 Å². The predicted octanol–water partition coefficient (Wildman–Crippen LogP) is 0.156. The Kier molecular flexibility index (Phi) is 5.20. The molecular weight excluding hydrogens is 320 g/mol. The van der Waals surface area contributed by atoms with Gasteiger partial charge in [-0.1, -0.05) is 0 Å². The third-order valence-electron chi connectivity index (χ3n) is 3.18. The summed E-state index contributed by atoms with van der Waals surface area (Å²) in [6.07, 6.45) is 0.537. The number of imide groups is 1. The van der Waals surface area contributed by atoms with Crippen LogP contribution in [0.25, 0.3) is 0 Å². The summed E-state index contributed by atoms with van der Waals surface area (Å²) >= 11 is 1.01. The number of Topliss-reactive ketones (excluding diaryl/α,β-unsaturated/α-hetero) is 1. The van der Waals surface area contributed by atoms with Crippen LogP contribution < -0.4 is 16.0 Å². The van der Waals surface area contributed by atoms with Crippen LogP contribution in [-0.2, 0) is 14.4 Å². The van der Waals surface area contributed by atoms with Gasteiger partial charge in [0.25, 0.3) is 0 Å². The van der Waals surface area contributed by atoms with Gasteiger partial charge in [0.15, 0.2) is 5.78 Å². The molecule has 0 aliphatic carbocycles. The molecule has 1 fully saturated rings. The van der Waals surface area contributed by atoms with Crippen molar-refractivity contribution in [1.82, 2.24) is 10.6 Å². The van der Waals surface area contributed by atoms with Crippen molar-refractivity contribution in [2.45, 2.75) is 25.8 Å². The number of ketones is 1. The minimum absolute atomic E-state index is 0.138. The fourth-order valence-electron chi connectivity index (χ4n) is 2.11. The number of piperidine rings is 1. The third kappa shape index (κ3) is 4.21. The predicted molar refractivity (Wildman–Crippen MR) is 81.8 cm³/mol. The Hall–Kier alpha value is -2.57. The van der Waals surface area contributed by atoms with Crippen molar-refractivity contribution in [3.63, 3.8) is 0 Å². The summed E-state index contributed by atoms with van der Waals surface area (Å²) in [4.78, 5) is 46.4. The Morgan fingerprint density at radius 1 is 1.48 bits per heavy atom. The van der Waals surface area contributed by atoms with Crippen LogP contribution in [-0.4, -0.2) is 36.1 Å². The molecule has 1 saturated heterocycles. The monoisotopic (exact) mass is 334 g/mol. The first-order chi connectivity index (χ1) is 10.9. The number of anilines is 1. The molecule has 2 rings (SSSR count). The highest BCUT2D eigenvalue weighted by molar-refractivity contribution is 7.17. The zero-order valence-corrected chi connectivity index (χ0v) is 13.1. The van der Waals surface area contributed by atoms with E-state index in [1.54, 1.807) is 0 Å². The summed E-state index contributed by atoms with van der Waals surface area (Å²) < 4.78 is 0. The van der Waals surface area contributed by atoms with E-state index >= 15 is 0 Å². The van der Waals surface area contributed by atoms with Gasteiger partial charge < -0.3 is 5.32 Å². The molecule has 0 aromatic carbocycles. The van der Waals surface area contributed by atoms with Gasteiger partial charge in [0.05, 0.1) is 18.2 Å². The van der Waals surface area contributed by atoms with Crippen LogP contribution in [0.3, 0.4) is 0 Å². The molecular formula is C14H14N4O4S. The van der Waals surface area contributed by atoms with E-state index in [-0.39, 0.29) is 36.1 Å². The summed E-state index contributed by atoms with van der Waals surface area (Å²) in [5.74, 6) is -1.48. The second-order valence-corrected chi connectivity index (χ2v) is 6.01. The molecule has 23 heavy (non-hydrogen) atoms. The summed E-state index contributed by atoms with van der Waals surface area (Å²) in [6.45, 7) is 1.17. The maximum atomic E-state index is 12.3. The number of carbonyl (C=O) groups is 4. The number of hydrogen-bond acceptors (Lipinski definition) is 7. The van der Waals surface area contributed by atoms with Gasteiger partial charge in [-0.15, -0.1) is 11.3 Å². The molecule has 0 spiro atoms. The van der Waals surface area contributed by atoms with Gasteiger partial charge in [-0.05, 0) is 12.5 Å². The third-order valence-corrected chi connectivity index (χ3v) is 4.14. The van der Waals surface area contributed by atoms with Crippen molar-refractivity contribution in [1.29, 1.82) is 5.26 Å². The van der Waals surface area contributed by atoms with E-state index in [1.807, 2.05) is 6.07 Å². The molecule has 2 heterocycles. The van der Waals surface area contributed by atoms with Crippen molar-refractivity contribution in [2.24, 2.45) is 0 Å². The number of nitriles is 1. The molecule has 0 saturated carbocycles. The second-order valence-electron chi connectivity index (χ2n) is 4.95. The first-order valence-electron chi connectivity index (χ1n) is 6.82. The molecule has 1 atom stereocenters. The fraction of sp³-hybridized carbons (Fsp3) is 0.357. The van der Waals surface area contributed by atoms with Gasteiger partial charge in [-0.2, -0.15) is 5.26 Å². The lowest BCUT2D eigenvalue weighted by Crippen LogP contribution is -2.51. The van der Waals surface area contributed by atoms with Crippen LogP contribution in [0, 0.1) is 11.3 Å².